The number of amides is 1. The average molecular weight is 422 g/mol. The van der Waals surface area contributed by atoms with Crippen molar-refractivity contribution in [3.05, 3.63) is 27.1 Å². The van der Waals surface area contributed by atoms with E-state index in [1.165, 1.54) is 0 Å². The van der Waals surface area contributed by atoms with Gasteiger partial charge < -0.3 is 10.4 Å². The van der Waals surface area contributed by atoms with Crippen molar-refractivity contribution in [1.82, 2.24) is 4.90 Å². The molecule has 0 fully saturated rings. The van der Waals surface area contributed by atoms with E-state index in [1.807, 2.05) is 19.1 Å². The maximum Gasteiger partial charge on any atom is 0.307 e. The number of nitrogens with zero attached hydrogens (tertiary/aromatic N) is 1. The first-order valence-electron chi connectivity index (χ1n) is 6.53. The summed E-state index contributed by atoms with van der Waals surface area (Å²) < 4.78 is 1.70. The zero-order chi connectivity index (χ0) is 16.0. The number of halogens is 2. The summed E-state index contributed by atoms with van der Waals surface area (Å²) in [7, 11) is 0. The molecular weight excluding hydrogens is 404 g/mol. The maximum absolute atomic E-state index is 12.0. The minimum Gasteiger partial charge on any atom is -0.481 e. The van der Waals surface area contributed by atoms with E-state index in [-0.39, 0.29) is 12.5 Å². The van der Waals surface area contributed by atoms with Crippen molar-refractivity contribution in [3.8, 4) is 0 Å². The number of benzene rings is 1. The molecule has 0 bridgehead atoms. The highest BCUT2D eigenvalue weighted by Gasteiger charge is 2.17. The number of carboxylic acids is 1. The summed E-state index contributed by atoms with van der Waals surface area (Å²) in [5.41, 5.74) is 0.686. The van der Waals surface area contributed by atoms with E-state index in [4.69, 9.17) is 5.11 Å². The van der Waals surface area contributed by atoms with E-state index in [2.05, 4.69) is 37.2 Å². The van der Waals surface area contributed by atoms with Crippen LogP contribution in [-0.2, 0) is 9.59 Å². The van der Waals surface area contributed by atoms with Gasteiger partial charge in [0, 0.05) is 15.5 Å². The minimum atomic E-state index is -0.857. The average Bonchev–Trinajstić information content (AvgIpc) is 2.40. The molecule has 0 spiro atoms. The monoisotopic (exact) mass is 420 g/mol. The van der Waals surface area contributed by atoms with Crippen molar-refractivity contribution in [2.75, 3.05) is 25.0 Å². The molecule has 0 aromatic heterocycles. The Labute approximate surface area is 141 Å². The number of likely N-dealkylation sites (N-methyl/N-ethyl adjacent to an activating group) is 1. The lowest BCUT2D eigenvalue weighted by Gasteiger charge is -2.22. The quantitative estimate of drug-likeness (QED) is 0.709. The second kappa shape index (κ2) is 8.51. The van der Waals surface area contributed by atoms with Crippen molar-refractivity contribution < 1.29 is 14.7 Å². The number of anilines is 1. The Morgan fingerprint density at radius 2 is 2.05 bits per heavy atom. The highest BCUT2D eigenvalue weighted by molar-refractivity contribution is 9.11. The van der Waals surface area contributed by atoms with Gasteiger partial charge in [-0.3, -0.25) is 14.5 Å². The lowest BCUT2D eigenvalue weighted by Crippen LogP contribution is -2.37. The number of carboxylic acid groups (broad SMARTS) is 1. The largest absolute Gasteiger partial charge is 0.481 e. The topological polar surface area (TPSA) is 69.6 Å². The Balaban J connectivity index is 2.60. The van der Waals surface area contributed by atoms with E-state index in [1.54, 1.807) is 17.9 Å². The van der Waals surface area contributed by atoms with Gasteiger partial charge in [-0.15, -0.1) is 0 Å². The molecule has 1 unspecified atom stereocenters. The number of rotatable bonds is 7. The molecule has 1 rings (SSSR count). The van der Waals surface area contributed by atoms with Gasteiger partial charge in [-0.1, -0.05) is 29.8 Å². The van der Waals surface area contributed by atoms with E-state index in [0.29, 0.717) is 18.8 Å². The van der Waals surface area contributed by atoms with Crippen LogP contribution in [0.5, 0.6) is 0 Å². The van der Waals surface area contributed by atoms with Crippen molar-refractivity contribution in [1.29, 1.82) is 0 Å². The van der Waals surface area contributed by atoms with Gasteiger partial charge in [0.15, 0.2) is 0 Å². The molecule has 5 nitrogen and oxygen atoms in total. The third-order valence-corrected chi connectivity index (χ3v) is 4.12. The van der Waals surface area contributed by atoms with Crippen molar-refractivity contribution >= 4 is 49.4 Å². The Morgan fingerprint density at radius 3 is 2.57 bits per heavy atom. The molecule has 0 radical (unpaired) electrons. The van der Waals surface area contributed by atoms with Crippen LogP contribution in [0, 0.1) is 5.92 Å². The van der Waals surface area contributed by atoms with Gasteiger partial charge in [0.1, 0.15) is 0 Å². The third-order valence-electron chi connectivity index (χ3n) is 2.97. The molecule has 0 aliphatic heterocycles. The van der Waals surface area contributed by atoms with Gasteiger partial charge in [-0.2, -0.15) is 0 Å². The van der Waals surface area contributed by atoms with Crippen LogP contribution in [0.4, 0.5) is 5.69 Å². The Morgan fingerprint density at radius 1 is 1.38 bits per heavy atom. The first-order chi connectivity index (χ1) is 9.83. The summed E-state index contributed by atoms with van der Waals surface area (Å²) in [5.74, 6) is -1.53. The Hall–Kier alpha value is -0.920. The predicted octanol–water partition coefficient (Wildman–Crippen LogP) is 3.19. The van der Waals surface area contributed by atoms with Gasteiger partial charge in [-0.05, 0) is 40.7 Å². The Kier molecular flexibility index (Phi) is 7.34. The molecule has 116 valence electrons. The first kappa shape index (κ1) is 18.1. The summed E-state index contributed by atoms with van der Waals surface area (Å²) in [6.07, 6.45) is 0. The molecule has 0 aliphatic carbocycles. The highest BCUT2D eigenvalue weighted by Crippen LogP contribution is 2.26. The first-order valence-corrected chi connectivity index (χ1v) is 8.12. The summed E-state index contributed by atoms with van der Waals surface area (Å²) in [5, 5.41) is 11.7. The molecule has 2 N–H and O–H groups in total. The van der Waals surface area contributed by atoms with Gasteiger partial charge in [0.25, 0.3) is 0 Å². The zero-order valence-electron chi connectivity index (χ0n) is 11.9. The SMILES string of the molecule is CCN(CC(=O)Nc1ccc(Br)cc1Br)CC(C)C(=O)O. The van der Waals surface area contributed by atoms with E-state index in [9.17, 15) is 9.59 Å². The molecule has 21 heavy (non-hydrogen) atoms. The highest BCUT2D eigenvalue weighted by atomic mass is 79.9. The molecule has 0 heterocycles. The molecule has 7 heteroatoms. The number of hydrogen-bond donors (Lipinski definition) is 2. The van der Waals surface area contributed by atoms with Gasteiger partial charge in [0.05, 0.1) is 18.2 Å². The van der Waals surface area contributed by atoms with E-state index < -0.39 is 11.9 Å². The van der Waals surface area contributed by atoms with Crippen LogP contribution in [0.1, 0.15) is 13.8 Å². The summed E-state index contributed by atoms with van der Waals surface area (Å²) in [4.78, 5) is 24.7. The molecule has 0 saturated heterocycles. The van der Waals surface area contributed by atoms with Crippen LogP contribution in [0.15, 0.2) is 27.1 Å². The zero-order valence-corrected chi connectivity index (χ0v) is 15.1. The standard InChI is InChI=1S/C14H18Br2N2O3/c1-3-18(7-9(2)14(20)21)8-13(19)17-12-5-4-10(15)6-11(12)16/h4-6,9H,3,7-8H2,1-2H3,(H,17,19)(H,20,21). The van der Waals surface area contributed by atoms with Gasteiger partial charge in [-0.25, -0.2) is 0 Å². The predicted molar refractivity (Wildman–Crippen MR) is 89.4 cm³/mol. The van der Waals surface area contributed by atoms with Crippen LogP contribution >= 0.6 is 31.9 Å². The number of aliphatic carboxylic acids is 1. The lowest BCUT2D eigenvalue weighted by molar-refractivity contribution is -0.142. The second-order valence-corrected chi connectivity index (χ2v) is 6.51. The van der Waals surface area contributed by atoms with Crippen LogP contribution in [0.3, 0.4) is 0 Å². The smallest absolute Gasteiger partial charge is 0.307 e. The van der Waals surface area contributed by atoms with Gasteiger partial charge in [0.2, 0.25) is 5.91 Å². The third kappa shape index (κ3) is 6.15. The van der Waals surface area contributed by atoms with Crippen LogP contribution in [0.25, 0.3) is 0 Å². The normalized spacial score (nSPS) is 12.2. The van der Waals surface area contributed by atoms with Gasteiger partial charge >= 0.3 is 5.97 Å². The number of carbonyl (C=O) groups is 2. The fraction of sp³-hybridized carbons (Fsp3) is 0.429. The molecule has 0 aliphatic rings. The van der Waals surface area contributed by atoms with E-state index in [0.717, 1.165) is 8.95 Å². The maximum atomic E-state index is 12.0. The molecule has 1 aromatic carbocycles. The second-order valence-electron chi connectivity index (χ2n) is 4.74. The fourth-order valence-electron chi connectivity index (χ4n) is 1.75. The van der Waals surface area contributed by atoms with Crippen molar-refractivity contribution in [2.24, 2.45) is 5.92 Å². The molecule has 1 amide bonds. The van der Waals surface area contributed by atoms with E-state index >= 15 is 0 Å². The fourth-order valence-corrected chi connectivity index (χ4v) is 2.90. The van der Waals surface area contributed by atoms with Crippen molar-refractivity contribution in [2.45, 2.75) is 13.8 Å². The molecular formula is C14H18Br2N2O3. The number of nitrogens with one attached hydrogen (secondary N) is 1. The van der Waals surface area contributed by atoms with Crippen LogP contribution in [0.2, 0.25) is 0 Å². The minimum absolute atomic E-state index is 0.163. The van der Waals surface area contributed by atoms with Crippen LogP contribution < -0.4 is 5.32 Å². The lowest BCUT2D eigenvalue weighted by atomic mass is 10.1. The van der Waals surface area contributed by atoms with Crippen LogP contribution in [-0.4, -0.2) is 41.5 Å². The van der Waals surface area contributed by atoms with Crippen molar-refractivity contribution in [3.63, 3.8) is 0 Å². The number of carbonyl (C=O) groups excluding carboxylic acids is 1. The summed E-state index contributed by atoms with van der Waals surface area (Å²) >= 11 is 6.73. The molecule has 1 atom stereocenters. The summed E-state index contributed by atoms with van der Waals surface area (Å²) in [6.45, 7) is 4.66. The molecule has 1 aromatic rings. The Bertz CT molecular complexity index is 523. The number of hydrogen-bond acceptors (Lipinski definition) is 3. The summed E-state index contributed by atoms with van der Waals surface area (Å²) in [6, 6.07) is 5.48. The molecule has 0 saturated carbocycles.